The van der Waals surface area contributed by atoms with Crippen LogP contribution in [0.5, 0.6) is 0 Å². The number of imide groups is 1. The number of hydrogen-bond donors (Lipinski definition) is 0. The van der Waals surface area contributed by atoms with Crippen LogP contribution in [0.25, 0.3) is 0 Å². The first-order chi connectivity index (χ1) is 13.4. The van der Waals surface area contributed by atoms with Crippen molar-refractivity contribution in [2.75, 3.05) is 4.90 Å². The van der Waals surface area contributed by atoms with Gasteiger partial charge in [-0.25, -0.2) is 0 Å². The van der Waals surface area contributed by atoms with Crippen LogP contribution in [0.1, 0.15) is 22.6 Å². The number of carbonyl (C=O) groups is 4. The van der Waals surface area contributed by atoms with E-state index < -0.39 is 29.6 Å². The van der Waals surface area contributed by atoms with E-state index in [0.717, 1.165) is 16.0 Å². The molecule has 0 aromatic heterocycles. The molecule has 5 rings (SSSR count). The van der Waals surface area contributed by atoms with Crippen LogP contribution in [0.4, 0.5) is 5.69 Å². The normalized spacial score (nSPS) is 31.1. The van der Waals surface area contributed by atoms with Gasteiger partial charge in [0, 0.05) is 11.8 Å². The summed E-state index contributed by atoms with van der Waals surface area (Å²) < 4.78 is 0. The highest BCUT2D eigenvalue weighted by atomic mass is 16.2. The van der Waals surface area contributed by atoms with Gasteiger partial charge in [0.1, 0.15) is 5.92 Å². The lowest BCUT2D eigenvalue weighted by Gasteiger charge is -2.38. The third kappa shape index (κ3) is 2.07. The van der Waals surface area contributed by atoms with Gasteiger partial charge >= 0.3 is 0 Å². The summed E-state index contributed by atoms with van der Waals surface area (Å²) >= 11 is 0. The number of rotatable bonds is 2. The van der Waals surface area contributed by atoms with Crippen molar-refractivity contribution >= 4 is 29.1 Å². The topological polar surface area (TPSA) is 71.5 Å². The molecule has 3 aliphatic rings. The Balaban J connectivity index is 1.48. The van der Waals surface area contributed by atoms with Crippen LogP contribution in [-0.4, -0.2) is 23.4 Å². The summed E-state index contributed by atoms with van der Waals surface area (Å²) in [5.74, 6) is -4.74. The number of anilines is 1. The van der Waals surface area contributed by atoms with Crippen LogP contribution in [0.3, 0.4) is 0 Å². The van der Waals surface area contributed by atoms with Gasteiger partial charge in [-0.05, 0) is 31.5 Å². The smallest absolute Gasteiger partial charge is 0.238 e. The zero-order valence-electron chi connectivity index (χ0n) is 15.6. The highest BCUT2D eigenvalue weighted by Gasteiger charge is 2.73. The number of aryl methyl sites for hydroxylation is 2. The summed E-state index contributed by atoms with van der Waals surface area (Å²) in [6, 6.07) is 14.4. The van der Waals surface area contributed by atoms with Crippen LogP contribution in [-0.2, 0) is 19.2 Å². The van der Waals surface area contributed by atoms with Gasteiger partial charge in [-0.15, -0.1) is 0 Å². The minimum Gasteiger partial charge on any atom is -0.298 e. The summed E-state index contributed by atoms with van der Waals surface area (Å²) in [6.07, 6.45) is 0. The number of ketones is 2. The summed E-state index contributed by atoms with van der Waals surface area (Å²) in [4.78, 5) is 53.2. The van der Waals surface area contributed by atoms with Gasteiger partial charge < -0.3 is 0 Å². The molecule has 4 atom stereocenters. The predicted octanol–water partition coefficient (Wildman–Crippen LogP) is 2.59. The Morgan fingerprint density at radius 1 is 0.607 bits per heavy atom. The molecule has 5 nitrogen and oxygen atoms in total. The van der Waals surface area contributed by atoms with Gasteiger partial charge in [-0.1, -0.05) is 47.5 Å². The number of amides is 2. The summed E-state index contributed by atoms with van der Waals surface area (Å²) in [5, 5.41) is 0. The number of benzene rings is 2. The van der Waals surface area contributed by atoms with Crippen molar-refractivity contribution in [1.82, 2.24) is 0 Å². The Hall–Kier alpha value is -3.08. The Bertz CT molecular complexity index is 904. The van der Waals surface area contributed by atoms with Crippen molar-refractivity contribution in [3.63, 3.8) is 0 Å². The maximum absolute atomic E-state index is 13.0. The molecule has 0 N–H and O–H groups in total. The van der Waals surface area contributed by atoms with E-state index in [0.29, 0.717) is 11.3 Å². The van der Waals surface area contributed by atoms with Gasteiger partial charge in [-0.3, -0.25) is 24.1 Å². The lowest BCUT2D eigenvalue weighted by atomic mass is 9.59. The molecule has 0 spiro atoms. The molecular formula is C23H19NO4. The molecule has 2 aromatic rings. The summed E-state index contributed by atoms with van der Waals surface area (Å²) in [6.45, 7) is 3.86. The molecule has 1 saturated heterocycles. The predicted molar refractivity (Wildman–Crippen MR) is 102 cm³/mol. The largest absolute Gasteiger partial charge is 0.298 e. The average Bonchev–Trinajstić information content (AvgIpc) is 2.96. The third-order valence-electron chi connectivity index (χ3n) is 6.49. The monoisotopic (exact) mass is 373 g/mol. The molecule has 1 aliphatic heterocycles. The molecule has 1 heterocycles. The average molecular weight is 373 g/mol. The maximum Gasteiger partial charge on any atom is 0.238 e. The standard InChI is InChI=1S/C23H19NO4/c1-11-3-7-13(8-4-11)15-20(25)16-17(21(15)26)19-18(16)22(27)24(23(19)28)14-9-5-12(2)6-10-14/h3-10,15-19H,1-2H3. The zero-order valence-corrected chi connectivity index (χ0v) is 15.6. The van der Waals surface area contributed by atoms with Gasteiger partial charge in [0.05, 0.1) is 17.5 Å². The van der Waals surface area contributed by atoms with Crippen LogP contribution in [0.15, 0.2) is 48.5 Å². The van der Waals surface area contributed by atoms with E-state index >= 15 is 0 Å². The molecule has 0 radical (unpaired) electrons. The molecule has 2 aromatic carbocycles. The molecule has 4 unspecified atom stereocenters. The van der Waals surface area contributed by atoms with Crippen molar-refractivity contribution in [3.05, 3.63) is 65.2 Å². The van der Waals surface area contributed by atoms with Crippen molar-refractivity contribution in [2.24, 2.45) is 23.7 Å². The highest BCUT2D eigenvalue weighted by molar-refractivity contribution is 6.30. The third-order valence-corrected chi connectivity index (χ3v) is 6.49. The summed E-state index contributed by atoms with van der Waals surface area (Å²) in [5.41, 5.74) is 3.22. The molecule has 0 bridgehead atoms. The fourth-order valence-electron chi connectivity index (χ4n) is 5.04. The molecule has 2 amide bonds. The van der Waals surface area contributed by atoms with Crippen LogP contribution in [0.2, 0.25) is 0 Å². The van der Waals surface area contributed by atoms with Crippen molar-refractivity contribution in [2.45, 2.75) is 19.8 Å². The quantitative estimate of drug-likeness (QED) is 0.599. The first-order valence-corrected chi connectivity index (χ1v) is 9.48. The minimum atomic E-state index is -0.852. The second-order valence-corrected chi connectivity index (χ2v) is 8.10. The first kappa shape index (κ1) is 17.0. The van der Waals surface area contributed by atoms with Gasteiger partial charge in [0.2, 0.25) is 11.8 Å². The molecule has 2 saturated carbocycles. The SMILES string of the molecule is Cc1ccc(C2C(=O)C3C(C2=O)C2C(=O)N(c4ccc(C)cc4)C(=O)C32)cc1. The van der Waals surface area contributed by atoms with Crippen molar-refractivity contribution in [3.8, 4) is 0 Å². The van der Waals surface area contributed by atoms with E-state index in [4.69, 9.17) is 0 Å². The highest BCUT2D eigenvalue weighted by Crippen LogP contribution is 2.59. The maximum atomic E-state index is 13.0. The number of nitrogens with zero attached hydrogens (tertiary/aromatic N) is 1. The summed E-state index contributed by atoms with van der Waals surface area (Å²) in [7, 11) is 0. The lowest BCUT2D eigenvalue weighted by Crippen LogP contribution is -2.50. The Morgan fingerprint density at radius 3 is 1.50 bits per heavy atom. The van der Waals surface area contributed by atoms with Crippen LogP contribution < -0.4 is 4.90 Å². The second kappa shape index (κ2) is 5.71. The Labute approximate surface area is 162 Å². The second-order valence-electron chi connectivity index (χ2n) is 8.10. The van der Waals surface area contributed by atoms with E-state index in [-0.39, 0.29) is 23.4 Å². The number of fused-ring (bicyclic) bond motifs is 4. The van der Waals surface area contributed by atoms with Gasteiger partial charge in [0.15, 0.2) is 11.6 Å². The molecule has 28 heavy (non-hydrogen) atoms. The van der Waals surface area contributed by atoms with E-state index in [1.165, 1.54) is 0 Å². The first-order valence-electron chi connectivity index (χ1n) is 9.48. The van der Waals surface area contributed by atoms with Gasteiger partial charge in [0.25, 0.3) is 0 Å². The number of hydrogen-bond acceptors (Lipinski definition) is 4. The molecule has 3 fully saturated rings. The molecule has 5 heteroatoms. The molecule has 140 valence electrons. The van der Waals surface area contributed by atoms with E-state index in [1.807, 2.05) is 38.1 Å². The van der Waals surface area contributed by atoms with Gasteiger partial charge in [-0.2, -0.15) is 0 Å². The van der Waals surface area contributed by atoms with Crippen LogP contribution in [0, 0.1) is 37.5 Å². The van der Waals surface area contributed by atoms with E-state index in [2.05, 4.69) is 0 Å². The minimum absolute atomic E-state index is 0.216. The Kier molecular flexibility index (Phi) is 3.48. The Morgan fingerprint density at radius 2 is 1.04 bits per heavy atom. The number of carbonyl (C=O) groups excluding carboxylic acids is 4. The molecule has 2 aliphatic carbocycles. The fourth-order valence-corrected chi connectivity index (χ4v) is 5.04. The zero-order chi connectivity index (χ0) is 19.7. The number of Topliss-reactive ketones (excluding diaryl/α,β-unsaturated/α-hetero) is 2. The van der Waals surface area contributed by atoms with Crippen molar-refractivity contribution < 1.29 is 19.2 Å². The molecular weight excluding hydrogens is 354 g/mol. The lowest BCUT2D eigenvalue weighted by molar-refractivity contribution is -0.146. The van der Waals surface area contributed by atoms with Crippen molar-refractivity contribution in [1.29, 1.82) is 0 Å². The van der Waals surface area contributed by atoms with E-state index in [1.54, 1.807) is 24.3 Å². The fraction of sp³-hybridized carbons (Fsp3) is 0.304. The van der Waals surface area contributed by atoms with E-state index in [9.17, 15) is 19.2 Å². The van der Waals surface area contributed by atoms with Crippen LogP contribution >= 0.6 is 0 Å².